The van der Waals surface area contributed by atoms with E-state index in [9.17, 15) is 0 Å². The normalized spacial score (nSPS) is 10.6. The minimum Gasteiger partial charge on any atom is -0.342 e. The summed E-state index contributed by atoms with van der Waals surface area (Å²) in [6.07, 6.45) is 0. The maximum absolute atomic E-state index is 4.44. The van der Waals surface area contributed by atoms with Crippen LogP contribution in [0.1, 0.15) is 11.4 Å². The van der Waals surface area contributed by atoms with Crippen LogP contribution in [-0.2, 0) is 0 Å². The predicted octanol–water partition coefficient (Wildman–Crippen LogP) is 3.96. The van der Waals surface area contributed by atoms with Crippen LogP contribution in [0, 0.1) is 26.0 Å². The van der Waals surface area contributed by atoms with Crippen molar-refractivity contribution in [2.45, 2.75) is 13.8 Å². The van der Waals surface area contributed by atoms with Crippen LogP contribution in [0.5, 0.6) is 0 Å². The van der Waals surface area contributed by atoms with Crippen molar-refractivity contribution in [3.63, 3.8) is 0 Å². The molecule has 0 amide bonds. The molecule has 0 saturated carbocycles. The molecular weight excluding hydrogens is 232 g/mol. The van der Waals surface area contributed by atoms with Gasteiger partial charge in [0.15, 0.2) is 0 Å². The molecular formula is C17H14N2. The molecule has 0 atom stereocenters. The monoisotopic (exact) mass is 246 g/mol. The number of H-pyrrole nitrogens is 1. The number of hydrogen-bond acceptors (Lipinski definition) is 1. The van der Waals surface area contributed by atoms with Crippen LogP contribution in [0.2, 0.25) is 0 Å². The fourth-order valence-corrected chi connectivity index (χ4v) is 1.93. The molecule has 2 nitrogen and oxygen atoms in total. The first-order chi connectivity index (χ1) is 9.25. The zero-order valence-corrected chi connectivity index (χ0v) is 11.0. The Morgan fingerprint density at radius 3 is 2.21 bits per heavy atom. The Morgan fingerprint density at radius 1 is 1.11 bits per heavy atom. The zero-order chi connectivity index (χ0) is 13.2. The molecule has 2 aliphatic carbocycles. The zero-order valence-electron chi connectivity index (χ0n) is 11.0. The van der Waals surface area contributed by atoms with E-state index in [0.717, 1.165) is 17.2 Å². The fourth-order valence-electron chi connectivity index (χ4n) is 1.93. The Morgan fingerprint density at radius 2 is 1.89 bits per heavy atom. The first kappa shape index (κ1) is 11.7. The predicted molar refractivity (Wildman–Crippen MR) is 76.6 cm³/mol. The van der Waals surface area contributed by atoms with Crippen molar-refractivity contribution in [2.75, 3.05) is 0 Å². The van der Waals surface area contributed by atoms with Crippen molar-refractivity contribution in [1.29, 1.82) is 0 Å². The van der Waals surface area contributed by atoms with E-state index in [1.54, 1.807) is 0 Å². The topological polar surface area (TPSA) is 28.7 Å². The van der Waals surface area contributed by atoms with E-state index in [-0.39, 0.29) is 0 Å². The summed E-state index contributed by atoms with van der Waals surface area (Å²) < 4.78 is 0. The molecule has 0 aliphatic heterocycles. The molecule has 92 valence electrons. The lowest BCUT2D eigenvalue weighted by molar-refractivity contribution is 1.22. The molecule has 2 aliphatic rings. The molecule has 0 spiro atoms. The highest BCUT2D eigenvalue weighted by molar-refractivity contribution is 5.92. The fraction of sp³-hybridized carbons (Fsp3) is 0.118. The minimum absolute atomic E-state index is 0.981. The second-order valence-corrected chi connectivity index (χ2v) is 4.55. The first-order valence-corrected chi connectivity index (χ1v) is 6.26. The molecule has 0 saturated heterocycles. The summed E-state index contributed by atoms with van der Waals surface area (Å²) in [5, 5.41) is 0. The number of fused-ring (bicyclic) bond motifs is 1. The molecule has 1 aromatic heterocycles. The van der Waals surface area contributed by atoms with Gasteiger partial charge in [-0.1, -0.05) is 30.3 Å². The van der Waals surface area contributed by atoms with Gasteiger partial charge < -0.3 is 4.98 Å². The summed E-state index contributed by atoms with van der Waals surface area (Å²) in [5.74, 6) is 0.981. The number of rotatable bonds is 1. The number of nitrogens with one attached hydrogen (secondary N) is 1. The maximum atomic E-state index is 4.44. The van der Waals surface area contributed by atoms with Gasteiger partial charge in [0.2, 0.25) is 0 Å². The second-order valence-electron chi connectivity index (χ2n) is 4.55. The van der Waals surface area contributed by atoms with Crippen LogP contribution in [0.25, 0.3) is 22.5 Å². The van der Waals surface area contributed by atoms with E-state index in [1.165, 1.54) is 16.7 Å². The number of aryl methyl sites for hydroxylation is 2. The molecule has 1 N–H and O–H groups in total. The van der Waals surface area contributed by atoms with Gasteiger partial charge in [0.25, 0.3) is 0 Å². The lowest BCUT2D eigenvalue weighted by Gasteiger charge is -2.18. The molecule has 1 heterocycles. The highest BCUT2D eigenvalue weighted by Gasteiger charge is 2.20. The summed E-state index contributed by atoms with van der Waals surface area (Å²) in [6, 6.07) is 19.8. The summed E-state index contributed by atoms with van der Waals surface area (Å²) in [7, 11) is 0. The third-order valence-corrected chi connectivity index (χ3v) is 3.22. The molecule has 2 radical (unpaired) electrons. The van der Waals surface area contributed by atoms with Gasteiger partial charge in [-0.3, -0.25) is 0 Å². The van der Waals surface area contributed by atoms with E-state index < -0.39 is 0 Å². The Hall–Kier alpha value is -2.35. The van der Waals surface area contributed by atoms with Crippen molar-refractivity contribution in [3.05, 3.63) is 66.0 Å². The number of nitrogens with zero attached hydrogens (tertiary/aromatic N) is 1. The van der Waals surface area contributed by atoms with Crippen LogP contribution < -0.4 is 0 Å². The second kappa shape index (κ2) is 4.73. The smallest absolute Gasteiger partial charge is 0.138 e. The lowest BCUT2D eigenvalue weighted by Crippen LogP contribution is -1.97. The standard InChI is InChI=1S/C11H9N2.C6H5/c1-6-7(2)13-11(12-6)10-5-8-3-4-9(8)10;1-2-4-6-5-3-1/h3,5H,1-2H3,(H,12,13);1-5H. The number of aromatic nitrogens is 2. The summed E-state index contributed by atoms with van der Waals surface area (Å²) in [5.41, 5.74) is 5.96. The van der Waals surface area contributed by atoms with Gasteiger partial charge in [-0.2, -0.15) is 0 Å². The van der Waals surface area contributed by atoms with Crippen molar-refractivity contribution in [2.24, 2.45) is 0 Å². The largest absolute Gasteiger partial charge is 0.342 e. The van der Waals surface area contributed by atoms with Crippen LogP contribution in [0.3, 0.4) is 0 Å². The van der Waals surface area contributed by atoms with Crippen molar-refractivity contribution in [1.82, 2.24) is 9.97 Å². The number of hydrogen-bond donors (Lipinski definition) is 1. The molecule has 1 aromatic carbocycles. The quantitative estimate of drug-likeness (QED) is 0.541. The number of imidazole rings is 1. The van der Waals surface area contributed by atoms with Gasteiger partial charge >= 0.3 is 0 Å². The van der Waals surface area contributed by atoms with Gasteiger partial charge in [-0.25, -0.2) is 4.98 Å². The highest BCUT2D eigenvalue weighted by atomic mass is 14.9. The van der Waals surface area contributed by atoms with Gasteiger partial charge in [0, 0.05) is 16.8 Å². The van der Waals surface area contributed by atoms with E-state index in [2.05, 4.69) is 28.2 Å². The van der Waals surface area contributed by atoms with Gasteiger partial charge in [0.1, 0.15) is 5.82 Å². The molecule has 2 heteroatoms. The van der Waals surface area contributed by atoms with E-state index >= 15 is 0 Å². The van der Waals surface area contributed by atoms with Crippen LogP contribution in [-0.4, -0.2) is 9.97 Å². The first-order valence-electron chi connectivity index (χ1n) is 6.26. The number of benzene rings is 2. The van der Waals surface area contributed by atoms with Gasteiger partial charge in [0.05, 0.1) is 5.69 Å². The van der Waals surface area contributed by atoms with Crippen LogP contribution in [0.15, 0.2) is 42.5 Å². The van der Waals surface area contributed by atoms with E-state index in [4.69, 9.17) is 0 Å². The van der Waals surface area contributed by atoms with Gasteiger partial charge in [-0.05, 0) is 43.7 Å². The summed E-state index contributed by atoms with van der Waals surface area (Å²) in [4.78, 5) is 7.70. The van der Waals surface area contributed by atoms with E-state index in [0.29, 0.717) is 0 Å². The third kappa shape index (κ3) is 2.17. The molecule has 19 heavy (non-hydrogen) atoms. The highest BCUT2D eigenvalue weighted by Crippen LogP contribution is 2.41. The lowest BCUT2D eigenvalue weighted by atomic mass is 9.86. The summed E-state index contributed by atoms with van der Waals surface area (Å²) >= 11 is 0. The molecule has 4 rings (SSSR count). The van der Waals surface area contributed by atoms with E-state index in [1.807, 2.05) is 50.2 Å². The van der Waals surface area contributed by atoms with Gasteiger partial charge in [-0.15, -0.1) is 0 Å². The Labute approximate surface area is 113 Å². The average molecular weight is 246 g/mol. The third-order valence-electron chi connectivity index (χ3n) is 3.22. The SMILES string of the molecule is Cc1nc(-c2cc3c[c]c2-3)[nH]c1C.[c]1ccccc1. The van der Waals surface area contributed by atoms with Crippen molar-refractivity contribution in [3.8, 4) is 22.5 Å². The molecule has 0 fully saturated rings. The number of aromatic amines is 1. The van der Waals surface area contributed by atoms with Crippen molar-refractivity contribution < 1.29 is 0 Å². The molecule has 2 aromatic rings. The van der Waals surface area contributed by atoms with Crippen LogP contribution in [0.4, 0.5) is 0 Å². The Bertz CT molecular complexity index is 650. The molecule has 0 unspecified atom stereocenters. The Kier molecular flexibility index (Phi) is 2.92. The molecule has 0 bridgehead atoms. The maximum Gasteiger partial charge on any atom is 0.138 e. The summed E-state index contributed by atoms with van der Waals surface area (Å²) in [6.45, 7) is 4.06. The average Bonchev–Trinajstić information content (AvgIpc) is 2.75. The Balaban J connectivity index is 0.000000155. The van der Waals surface area contributed by atoms with Crippen molar-refractivity contribution >= 4 is 0 Å². The van der Waals surface area contributed by atoms with Crippen LogP contribution >= 0.6 is 0 Å². The minimum atomic E-state index is 0.981.